The molecule has 0 fully saturated rings. The number of ketones is 1. The lowest BCUT2D eigenvalue weighted by atomic mass is 9.85. The van der Waals surface area contributed by atoms with Crippen LogP contribution < -0.4 is 5.73 Å². The van der Waals surface area contributed by atoms with Gasteiger partial charge in [-0.1, -0.05) is 31.5 Å². The maximum absolute atomic E-state index is 13.4. The molecule has 0 amide bonds. The van der Waals surface area contributed by atoms with Crippen molar-refractivity contribution in [2.75, 3.05) is 6.54 Å². The van der Waals surface area contributed by atoms with Crippen molar-refractivity contribution in [2.24, 2.45) is 11.1 Å². The van der Waals surface area contributed by atoms with Crippen LogP contribution in [0.4, 0.5) is 4.39 Å². The zero-order valence-electron chi connectivity index (χ0n) is 9.39. The van der Waals surface area contributed by atoms with Crippen molar-refractivity contribution in [3.63, 3.8) is 0 Å². The predicted octanol–water partition coefficient (Wildman–Crippen LogP) is 2.58. The van der Waals surface area contributed by atoms with Crippen LogP contribution in [-0.2, 0) is 11.2 Å². The summed E-state index contributed by atoms with van der Waals surface area (Å²) in [5.74, 6) is -0.523. The Hall–Kier alpha value is -0.930. The monoisotopic (exact) mass is 243 g/mol. The second kappa shape index (κ2) is 4.93. The van der Waals surface area contributed by atoms with Crippen molar-refractivity contribution < 1.29 is 9.18 Å². The summed E-state index contributed by atoms with van der Waals surface area (Å²) in [4.78, 5) is 11.8. The smallest absolute Gasteiger partial charge is 0.144 e. The number of carbonyl (C=O) groups is 1. The quantitative estimate of drug-likeness (QED) is 0.883. The van der Waals surface area contributed by atoms with Gasteiger partial charge in [-0.25, -0.2) is 4.39 Å². The van der Waals surface area contributed by atoms with Crippen molar-refractivity contribution in [3.05, 3.63) is 34.6 Å². The van der Waals surface area contributed by atoms with Crippen molar-refractivity contribution in [2.45, 2.75) is 20.3 Å². The van der Waals surface area contributed by atoms with Crippen LogP contribution in [0, 0.1) is 11.2 Å². The summed E-state index contributed by atoms with van der Waals surface area (Å²) in [6, 6.07) is 4.31. The third-order valence-corrected chi connectivity index (χ3v) is 2.87. The van der Waals surface area contributed by atoms with Crippen molar-refractivity contribution in [1.82, 2.24) is 0 Å². The van der Waals surface area contributed by atoms with Crippen LogP contribution >= 0.6 is 11.6 Å². The fourth-order valence-corrected chi connectivity index (χ4v) is 1.35. The van der Waals surface area contributed by atoms with Gasteiger partial charge in [-0.2, -0.15) is 0 Å². The number of nitrogens with two attached hydrogens (primary N) is 1. The van der Waals surface area contributed by atoms with Crippen LogP contribution in [0.1, 0.15) is 19.4 Å². The van der Waals surface area contributed by atoms with Gasteiger partial charge in [0.15, 0.2) is 0 Å². The van der Waals surface area contributed by atoms with E-state index in [4.69, 9.17) is 17.3 Å². The molecule has 0 atom stereocenters. The summed E-state index contributed by atoms with van der Waals surface area (Å²) >= 11 is 5.63. The van der Waals surface area contributed by atoms with E-state index in [1.54, 1.807) is 19.9 Å². The third kappa shape index (κ3) is 3.03. The molecular formula is C12H15ClFNO. The summed E-state index contributed by atoms with van der Waals surface area (Å²) in [6.45, 7) is 3.76. The standard InChI is InChI=1S/C12H15ClFNO/c1-12(2,7-15)11(16)5-8-3-4-9(13)6-10(8)14/h3-4,6H,5,7,15H2,1-2H3. The minimum absolute atomic E-state index is 0.0488. The average molecular weight is 244 g/mol. The van der Waals surface area contributed by atoms with Gasteiger partial charge < -0.3 is 5.73 Å². The molecule has 0 spiro atoms. The molecule has 1 aromatic rings. The van der Waals surface area contributed by atoms with Gasteiger partial charge in [0.05, 0.1) is 0 Å². The van der Waals surface area contributed by atoms with Gasteiger partial charge in [-0.05, 0) is 17.7 Å². The average Bonchev–Trinajstić information content (AvgIpc) is 2.22. The van der Waals surface area contributed by atoms with E-state index in [0.29, 0.717) is 10.6 Å². The minimum atomic E-state index is -0.619. The molecule has 88 valence electrons. The molecule has 0 aromatic heterocycles. The van der Waals surface area contributed by atoms with E-state index in [0.717, 1.165) is 0 Å². The molecule has 1 rings (SSSR count). The molecule has 4 heteroatoms. The van der Waals surface area contributed by atoms with E-state index in [2.05, 4.69) is 0 Å². The van der Waals surface area contributed by atoms with Crippen LogP contribution in [0.25, 0.3) is 0 Å². The number of halogens is 2. The second-order valence-electron chi connectivity index (χ2n) is 4.42. The first kappa shape index (κ1) is 13.1. The van der Waals surface area contributed by atoms with Crippen molar-refractivity contribution in [1.29, 1.82) is 0 Å². The molecule has 0 heterocycles. The fourth-order valence-electron chi connectivity index (χ4n) is 1.19. The lowest BCUT2D eigenvalue weighted by molar-refractivity contribution is -0.126. The summed E-state index contributed by atoms with van der Waals surface area (Å²) < 4.78 is 13.4. The van der Waals surface area contributed by atoms with E-state index in [1.165, 1.54) is 12.1 Å². The molecule has 0 aliphatic carbocycles. The SMILES string of the molecule is CC(C)(CN)C(=O)Cc1ccc(Cl)cc1F. The Morgan fingerprint density at radius 3 is 2.62 bits per heavy atom. The molecule has 0 saturated heterocycles. The highest BCUT2D eigenvalue weighted by Gasteiger charge is 2.26. The molecule has 0 radical (unpaired) electrons. The summed E-state index contributed by atoms with van der Waals surface area (Å²) in [5, 5.41) is 0.326. The highest BCUT2D eigenvalue weighted by molar-refractivity contribution is 6.30. The Morgan fingerprint density at radius 1 is 1.50 bits per heavy atom. The first-order valence-electron chi connectivity index (χ1n) is 5.04. The Balaban J connectivity index is 2.85. The van der Waals surface area contributed by atoms with E-state index < -0.39 is 11.2 Å². The van der Waals surface area contributed by atoms with Gasteiger partial charge in [-0.3, -0.25) is 4.79 Å². The predicted molar refractivity (Wildman–Crippen MR) is 63.0 cm³/mol. The van der Waals surface area contributed by atoms with E-state index in [1.807, 2.05) is 0 Å². The highest BCUT2D eigenvalue weighted by atomic mass is 35.5. The molecular weight excluding hydrogens is 229 g/mol. The topological polar surface area (TPSA) is 43.1 Å². The molecule has 2 N–H and O–H groups in total. The number of carbonyl (C=O) groups excluding carboxylic acids is 1. The van der Waals surface area contributed by atoms with Gasteiger partial charge in [0.1, 0.15) is 11.6 Å². The van der Waals surface area contributed by atoms with Crippen molar-refractivity contribution >= 4 is 17.4 Å². The minimum Gasteiger partial charge on any atom is -0.329 e. The zero-order chi connectivity index (χ0) is 12.3. The molecule has 0 unspecified atom stereocenters. The van der Waals surface area contributed by atoms with E-state index in [-0.39, 0.29) is 18.7 Å². The number of hydrogen-bond acceptors (Lipinski definition) is 2. The molecule has 2 nitrogen and oxygen atoms in total. The Labute approximate surface area is 99.6 Å². The Kier molecular flexibility index (Phi) is 4.05. The summed E-state index contributed by atoms with van der Waals surface area (Å²) in [6.07, 6.45) is 0.0488. The Morgan fingerprint density at radius 2 is 2.12 bits per heavy atom. The number of rotatable bonds is 4. The van der Waals surface area contributed by atoms with Gasteiger partial charge >= 0.3 is 0 Å². The first-order chi connectivity index (χ1) is 7.36. The Bertz CT molecular complexity index is 404. The molecule has 0 saturated carbocycles. The first-order valence-corrected chi connectivity index (χ1v) is 5.42. The van der Waals surface area contributed by atoms with Gasteiger partial charge in [-0.15, -0.1) is 0 Å². The zero-order valence-corrected chi connectivity index (χ0v) is 10.1. The van der Waals surface area contributed by atoms with Crippen LogP contribution in [0.3, 0.4) is 0 Å². The number of Topliss-reactive ketones (excluding diaryl/α,β-unsaturated/α-hetero) is 1. The largest absolute Gasteiger partial charge is 0.329 e. The van der Waals surface area contributed by atoms with E-state index >= 15 is 0 Å². The lowest BCUT2D eigenvalue weighted by Crippen LogP contribution is -2.34. The summed E-state index contributed by atoms with van der Waals surface area (Å²) in [5.41, 5.74) is 5.23. The maximum atomic E-state index is 13.4. The van der Waals surface area contributed by atoms with E-state index in [9.17, 15) is 9.18 Å². The number of hydrogen-bond donors (Lipinski definition) is 1. The molecule has 0 bridgehead atoms. The second-order valence-corrected chi connectivity index (χ2v) is 4.86. The molecule has 1 aromatic carbocycles. The maximum Gasteiger partial charge on any atom is 0.144 e. The summed E-state index contributed by atoms with van der Waals surface area (Å²) in [7, 11) is 0. The van der Waals surface area contributed by atoms with Crippen LogP contribution in [0.5, 0.6) is 0 Å². The van der Waals surface area contributed by atoms with Crippen LogP contribution in [-0.4, -0.2) is 12.3 Å². The molecule has 0 aliphatic rings. The fraction of sp³-hybridized carbons (Fsp3) is 0.417. The normalized spacial score (nSPS) is 11.6. The molecule has 16 heavy (non-hydrogen) atoms. The highest BCUT2D eigenvalue weighted by Crippen LogP contribution is 2.20. The van der Waals surface area contributed by atoms with Crippen molar-refractivity contribution in [3.8, 4) is 0 Å². The van der Waals surface area contributed by atoms with Gasteiger partial charge in [0.2, 0.25) is 0 Å². The van der Waals surface area contributed by atoms with Gasteiger partial charge in [0, 0.05) is 23.4 Å². The molecule has 0 aliphatic heterocycles. The van der Waals surface area contributed by atoms with Crippen LogP contribution in [0.15, 0.2) is 18.2 Å². The number of benzene rings is 1. The van der Waals surface area contributed by atoms with Gasteiger partial charge in [0.25, 0.3) is 0 Å². The lowest BCUT2D eigenvalue weighted by Gasteiger charge is -2.20. The van der Waals surface area contributed by atoms with Crippen LogP contribution in [0.2, 0.25) is 5.02 Å². The third-order valence-electron chi connectivity index (χ3n) is 2.63.